The summed E-state index contributed by atoms with van der Waals surface area (Å²) >= 11 is 0. The molecule has 3 aliphatic rings. The molecule has 0 saturated carbocycles. The second-order valence-corrected chi connectivity index (χ2v) is 12.1. The molecular formula is C33H46O7. The summed E-state index contributed by atoms with van der Waals surface area (Å²) in [7, 11) is 0. The Morgan fingerprint density at radius 2 is 1.32 bits per heavy atom. The van der Waals surface area contributed by atoms with E-state index in [9.17, 15) is 19.2 Å². The third-order valence-electron chi connectivity index (χ3n) is 9.27. The molecule has 0 radical (unpaired) electrons. The Hall–Kier alpha value is -2.54. The number of cyclic esters (lactones) is 4. The lowest BCUT2D eigenvalue weighted by Gasteiger charge is -2.48. The predicted molar refractivity (Wildman–Crippen MR) is 150 cm³/mol. The van der Waals surface area contributed by atoms with E-state index in [4.69, 9.17) is 14.2 Å². The lowest BCUT2D eigenvalue weighted by molar-refractivity contribution is -0.160. The molecule has 2 saturated heterocycles. The Morgan fingerprint density at radius 3 is 1.90 bits per heavy atom. The van der Waals surface area contributed by atoms with E-state index >= 15 is 0 Å². The van der Waals surface area contributed by atoms with E-state index in [1.807, 2.05) is 19.1 Å². The third kappa shape index (κ3) is 6.67. The van der Waals surface area contributed by atoms with E-state index in [1.54, 1.807) is 12.1 Å². The molecule has 0 spiro atoms. The molecule has 0 aromatic heterocycles. The lowest BCUT2D eigenvalue weighted by atomic mass is 9.56. The van der Waals surface area contributed by atoms with Gasteiger partial charge in [0.25, 0.3) is 0 Å². The number of ether oxygens (including phenoxy) is 3. The number of benzene rings is 1. The summed E-state index contributed by atoms with van der Waals surface area (Å²) in [6.45, 7) is 4.52. The van der Waals surface area contributed by atoms with Crippen molar-refractivity contribution in [2.75, 3.05) is 6.61 Å². The van der Waals surface area contributed by atoms with Crippen LogP contribution in [0.25, 0.3) is 0 Å². The van der Waals surface area contributed by atoms with Crippen molar-refractivity contribution in [3.8, 4) is 0 Å². The van der Waals surface area contributed by atoms with Crippen molar-refractivity contribution < 1.29 is 33.4 Å². The Bertz CT molecular complexity index is 1050. The van der Waals surface area contributed by atoms with Gasteiger partial charge in [-0.2, -0.15) is 0 Å². The van der Waals surface area contributed by atoms with Crippen LogP contribution in [-0.2, 0) is 38.8 Å². The molecule has 0 N–H and O–H groups in total. The van der Waals surface area contributed by atoms with E-state index < -0.39 is 53.1 Å². The van der Waals surface area contributed by atoms with Crippen molar-refractivity contribution in [2.45, 2.75) is 128 Å². The normalized spacial score (nSPS) is 27.4. The van der Waals surface area contributed by atoms with E-state index in [-0.39, 0.29) is 6.42 Å². The van der Waals surface area contributed by atoms with Crippen molar-refractivity contribution in [1.29, 1.82) is 0 Å². The van der Waals surface area contributed by atoms with E-state index in [2.05, 4.69) is 6.92 Å². The molecule has 0 bridgehead atoms. The first-order valence-corrected chi connectivity index (χ1v) is 15.6. The molecule has 5 unspecified atom stereocenters. The van der Waals surface area contributed by atoms with Gasteiger partial charge in [-0.1, -0.05) is 122 Å². The molecule has 2 heterocycles. The van der Waals surface area contributed by atoms with Gasteiger partial charge in [0.15, 0.2) is 0 Å². The third-order valence-corrected chi connectivity index (χ3v) is 9.27. The summed E-state index contributed by atoms with van der Waals surface area (Å²) in [4.78, 5) is 50.6. The van der Waals surface area contributed by atoms with Crippen LogP contribution in [0.2, 0.25) is 0 Å². The van der Waals surface area contributed by atoms with Gasteiger partial charge in [-0.15, -0.1) is 0 Å². The van der Waals surface area contributed by atoms with Crippen LogP contribution in [0.1, 0.15) is 127 Å². The maximum atomic E-state index is 12.9. The highest BCUT2D eigenvalue weighted by Crippen LogP contribution is 2.55. The number of rotatable bonds is 17. The maximum absolute atomic E-state index is 12.9. The summed E-state index contributed by atoms with van der Waals surface area (Å²) in [5, 5.41) is 0. The van der Waals surface area contributed by atoms with Crippen LogP contribution >= 0.6 is 0 Å². The fourth-order valence-corrected chi connectivity index (χ4v) is 7.02. The van der Waals surface area contributed by atoms with Gasteiger partial charge in [0, 0.05) is 12.0 Å². The van der Waals surface area contributed by atoms with Gasteiger partial charge in [0.05, 0.1) is 24.4 Å². The SMILES string of the molecule is CCCCCCCCCCCCCCCCOC1C2C(=O)OC(=O)C2c2ccccc2C1(C)C1CC(=O)OC1=O. The second kappa shape index (κ2) is 14.4. The second-order valence-electron chi connectivity index (χ2n) is 12.1. The Kier molecular flexibility index (Phi) is 10.9. The fourth-order valence-electron chi connectivity index (χ4n) is 7.02. The summed E-state index contributed by atoms with van der Waals surface area (Å²) in [5.41, 5.74) is 0.389. The molecule has 4 rings (SSSR count). The van der Waals surface area contributed by atoms with Gasteiger partial charge < -0.3 is 14.2 Å². The molecule has 1 aromatic rings. The quantitative estimate of drug-likeness (QED) is 0.120. The molecule has 2 fully saturated rings. The number of carbonyl (C=O) groups excluding carboxylic acids is 4. The van der Waals surface area contributed by atoms with Crippen molar-refractivity contribution in [2.24, 2.45) is 11.8 Å². The first-order chi connectivity index (χ1) is 19.4. The highest BCUT2D eigenvalue weighted by Gasteiger charge is 2.64. The first-order valence-electron chi connectivity index (χ1n) is 15.6. The van der Waals surface area contributed by atoms with Crippen LogP contribution in [0.5, 0.6) is 0 Å². The Labute approximate surface area is 238 Å². The molecule has 40 heavy (non-hydrogen) atoms. The Balaban J connectivity index is 1.29. The minimum atomic E-state index is -1.01. The molecule has 2 aliphatic heterocycles. The van der Waals surface area contributed by atoms with E-state index in [0.29, 0.717) is 12.2 Å². The number of unbranched alkanes of at least 4 members (excludes halogenated alkanes) is 13. The summed E-state index contributed by atoms with van der Waals surface area (Å²) in [6, 6.07) is 7.31. The monoisotopic (exact) mass is 554 g/mol. The summed E-state index contributed by atoms with van der Waals surface area (Å²) in [6.07, 6.45) is 16.7. The van der Waals surface area contributed by atoms with Crippen molar-refractivity contribution in [3.63, 3.8) is 0 Å². The smallest absolute Gasteiger partial charge is 0.322 e. The molecule has 1 aliphatic carbocycles. The number of carbonyl (C=O) groups is 4. The first kappa shape index (κ1) is 30.4. The van der Waals surface area contributed by atoms with Gasteiger partial charge in [0.1, 0.15) is 5.92 Å². The van der Waals surface area contributed by atoms with Crippen molar-refractivity contribution >= 4 is 23.9 Å². The van der Waals surface area contributed by atoms with Crippen molar-refractivity contribution in [3.05, 3.63) is 35.4 Å². The van der Waals surface area contributed by atoms with E-state index in [0.717, 1.165) is 24.8 Å². The molecule has 5 atom stereocenters. The zero-order valence-corrected chi connectivity index (χ0v) is 24.3. The molecular weight excluding hydrogens is 508 g/mol. The fraction of sp³-hybridized carbons (Fsp3) is 0.697. The van der Waals surface area contributed by atoms with Crippen LogP contribution < -0.4 is 0 Å². The van der Waals surface area contributed by atoms with Crippen molar-refractivity contribution in [1.82, 2.24) is 0 Å². The molecule has 1 aromatic carbocycles. The molecule has 7 heteroatoms. The zero-order chi connectivity index (χ0) is 28.5. The van der Waals surface area contributed by atoms with Gasteiger partial charge in [-0.05, 0) is 17.5 Å². The van der Waals surface area contributed by atoms with Crippen LogP contribution in [0.4, 0.5) is 0 Å². The number of hydrogen-bond donors (Lipinski definition) is 0. The average molecular weight is 555 g/mol. The maximum Gasteiger partial charge on any atom is 0.322 e. The molecule has 0 amide bonds. The van der Waals surface area contributed by atoms with Gasteiger partial charge >= 0.3 is 23.9 Å². The number of hydrogen-bond acceptors (Lipinski definition) is 7. The highest BCUT2D eigenvalue weighted by atomic mass is 16.6. The standard InChI is InChI=1S/C33H46O7/c1-3-4-5-6-7-8-9-10-11-12-13-14-15-18-21-38-29-28-27(31(36)40-32(28)37)23-19-16-17-20-24(23)33(29,2)25-22-26(34)39-30(25)35/h16-17,19-20,25,27-29H,3-15,18,21-22H2,1-2H3. The summed E-state index contributed by atoms with van der Waals surface area (Å²) in [5.74, 6) is -4.82. The van der Waals surface area contributed by atoms with Gasteiger partial charge in [0.2, 0.25) is 0 Å². The summed E-state index contributed by atoms with van der Waals surface area (Å²) < 4.78 is 16.4. The molecule has 220 valence electrons. The number of fused-ring (bicyclic) bond motifs is 3. The van der Waals surface area contributed by atoms with Crippen LogP contribution in [-0.4, -0.2) is 36.6 Å². The topological polar surface area (TPSA) is 96.0 Å². The number of esters is 4. The largest absolute Gasteiger partial charge is 0.393 e. The van der Waals surface area contributed by atoms with Gasteiger partial charge in [-0.25, -0.2) is 0 Å². The molecule has 7 nitrogen and oxygen atoms in total. The minimum absolute atomic E-state index is 0.0806. The average Bonchev–Trinajstić information content (AvgIpc) is 3.44. The zero-order valence-electron chi connectivity index (χ0n) is 24.3. The van der Waals surface area contributed by atoms with Crippen LogP contribution in [0.15, 0.2) is 24.3 Å². The highest BCUT2D eigenvalue weighted by molar-refractivity contribution is 6.02. The minimum Gasteiger partial charge on any atom is -0.393 e. The Morgan fingerprint density at radius 1 is 0.750 bits per heavy atom. The van der Waals surface area contributed by atoms with Crippen LogP contribution in [0.3, 0.4) is 0 Å². The van der Waals surface area contributed by atoms with Crippen LogP contribution in [0, 0.1) is 11.8 Å². The lowest BCUT2D eigenvalue weighted by Crippen LogP contribution is -2.56. The predicted octanol–water partition coefficient (Wildman–Crippen LogP) is 6.70. The van der Waals surface area contributed by atoms with E-state index in [1.165, 1.54) is 70.6 Å². The van der Waals surface area contributed by atoms with Gasteiger partial charge in [-0.3, -0.25) is 19.2 Å².